The second-order valence-electron chi connectivity index (χ2n) is 8.65. The van der Waals surface area contributed by atoms with Crippen LogP contribution in [0, 0.1) is 5.41 Å². The molecule has 3 fully saturated rings. The van der Waals surface area contributed by atoms with E-state index in [1.165, 1.54) is 12.0 Å². The van der Waals surface area contributed by atoms with Crippen LogP contribution in [-0.4, -0.2) is 67.7 Å². The SMILES string of the molecule is CCN1C[C@@H](c2ccccc2)CC2(CCN(S(=O)(=O)N3CCCC3)CC2)C1. The lowest BCUT2D eigenvalue weighted by atomic mass is 9.68. The molecule has 0 aromatic heterocycles. The van der Waals surface area contributed by atoms with Gasteiger partial charge in [0, 0.05) is 39.3 Å². The molecule has 0 radical (unpaired) electrons. The van der Waals surface area contributed by atoms with E-state index in [1.54, 1.807) is 8.61 Å². The lowest BCUT2D eigenvalue weighted by Crippen LogP contribution is -2.54. The summed E-state index contributed by atoms with van der Waals surface area (Å²) in [5.74, 6) is 0.557. The summed E-state index contributed by atoms with van der Waals surface area (Å²) in [6.45, 7) is 8.31. The fraction of sp³-hybridized carbons (Fsp3) is 0.714. The van der Waals surface area contributed by atoms with E-state index in [0.717, 1.165) is 45.3 Å². The van der Waals surface area contributed by atoms with Gasteiger partial charge in [-0.05, 0) is 55.5 Å². The molecule has 150 valence electrons. The third-order valence-corrected chi connectivity index (χ3v) is 8.97. The second-order valence-corrected chi connectivity index (χ2v) is 10.6. The molecule has 1 atom stereocenters. The molecule has 27 heavy (non-hydrogen) atoms. The van der Waals surface area contributed by atoms with Gasteiger partial charge in [0.1, 0.15) is 0 Å². The Morgan fingerprint density at radius 3 is 2.26 bits per heavy atom. The lowest BCUT2D eigenvalue weighted by molar-refractivity contribution is 0.0327. The predicted molar refractivity (Wildman–Crippen MR) is 109 cm³/mol. The van der Waals surface area contributed by atoms with Crippen molar-refractivity contribution in [3.8, 4) is 0 Å². The van der Waals surface area contributed by atoms with Crippen LogP contribution in [0.1, 0.15) is 50.5 Å². The first-order valence-corrected chi connectivity index (χ1v) is 11.9. The van der Waals surface area contributed by atoms with Crippen LogP contribution in [0.25, 0.3) is 0 Å². The summed E-state index contributed by atoms with van der Waals surface area (Å²) in [5.41, 5.74) is 1.69. The van der Waals surface area contributed by atoms with Gasteiger partial charge in [0.25, 0.3) is 10.2 Å². The van der Waals surface area contributed by atoms with Crippen molar-refractivity contribution in [2.24, 2.45) is 5.41 Å². The molecule has 1 spiro atoms. The maximum Gasteiger partial charge on any atom is 0.281 e. The minimum absolute atomic E-state index is 0.256. The smallest absolute Gasteiger partial charge is 0.281 e. The maximum atomic E-state index is 12.9. The molecule has 1 aromatic rings. The zero-order chi connectivity index (χ0) is 18.9. The molecular weight excluding hydrogens is 358 g/mol. The highest BCUT2D eigenvalue weighted by Gasteiger charge is 2.44. The van der Waals surface area contributed by atoms with Crippen LogP contribution < -0.4 is 0 Å². The van der Waals surface area contributed by atoms with Gasteiger partial charge in [-0.15, -0.1) is 0 Å². The van der Waals surface area contributed by atoms with Crippen LogP contribution in [-0.2, 0) is 10.2 Å². The Balaban J connectivity index is 1.47. The third-order valence-electron chi connectivity index (χ3n) is 6.94. The van der Waals surface area contributed by atoms with Gasteiger partial charge in [-0.2, -0.15) is 17.0 Å². The zero-order valence-corrected chi connectivity index (χ0v) is 17.3. The van der Waals surface area contributed by atoms with Crippen LogP contribution in [0.15, 0.2) is 30.3 Å². The van der Waals surface area contributed by atoms with Gasteiger partial charge in [-0.25, -0.2) is 0 Å². The molecule has 0 amide bonds. The van der Waals surface area contributed by atoms with Crippen molar-refractivity contribution in [3.63, 3.8) is 0 Å². The minimum atomic E-state index is -3.25. The lowest BCUT2D eigenvalue weighted by Gasteiger charge is -2.50. The Morgan fingerprint density at radius 2 is 1.63 bits per heavy atom. The summed E-state index contributed by atoms with van der Waals surface area (Å²) in [5, 5.41) is 0. The second kappa shape index (κ2) is 7.82. The fourth-order valence-corrected chi connectivity index (χ4v) is 7.02. The molecule has 3 saturated heterocycles. The van der Waals surface area contributed by atoms with Gasteiger partial charge in [-0.1, -0.05) is 37.3 Å². The molecule has 0 saturated carbocycles. The van der Waals surface area contributed by atoms with Crippen molar-refractivity contribution in [1.29, 1.82) is 0 Å². The van der Waals surface area contributed by atoms with Gasteiger partial charge in [0.05, 0.1) is 0 Å². The zero-order valence-electron chi connectivity index (χ0n) is 16.5. The maximum absolute atomic E-state index is 12.9. The van der Waals surface area contributed by atoms with Crippen LogP contribution >= 0.6 is 0 Å². The van der Waals surface area contributed by atoms with E-state index in [-0.39, 0.29) is 5.41 Å². The average molecular weight is 392 g/mol. The number of benzene rings is 1. The average Bonchev–Trinajstić information content (AvgIpc) is 3.24. The Bertz CT molecular complexity index is 723. The van der Waals surface area contributed by atoms with E-state index in [1.807, 2.05) is 0 Å². The van der Waals surface area contributed by atoms with Gasteiger partial charge in [-0.3, -0.25) is 0 Å². The minimum Gasteiger partial charge on any atom is -0.302 e. The highest BCUT2D eigenvalue weighted by molar-refractivity contribution is 7.86. The largest absolute Gasteiger partial charge is 0.302 e. The topological polar surface area (TPSA) is 43.9 Å². The van der Waals surface area contributed by atoms with E-state index in [0.29, 0.717) is 32.1 Å². The number of likely N-dealkylation sites (tertiary alicyclic amines) is 1. The highest BCUT2D eigenvalue weighted by Crippen LogP contribution is 2.45. The van der Waals surface area contributed by atoms with Crippen molar-refractivity contribution in [2.75, 3.05) is 45.8 Å². The standard InChI is InChI=1S/C21H33N3O2S/c1-2-22-17-20(19-8-4-3-5-9-19)16-21(18-22)10-14-24(15-11-21)27(25,26)23-12-6-7-13-23/h3-5,8-9,20H,2,6-7,10-18H2,1H3/t20-/m0/s1. The van der Waals surface area contributed by atoms with E-state index in [4.69, 9.17) is 0 Å². The Hall–Kier alpha value is -0.950. The molecule has 4 rings (SSSR count). The Kier molecular flexibility index (Phi) is 5.61. The van der Waals surface area contributed by atoms with Crippen LogP contribution in [0.2, 0.25) is 0 Å². The molecule has 0 N–H and O–H groups in total. The Morgan fingerprint density at radius 1 is 1.00 bits per heavy atom. The molecule has 0 bridgehead atoms. The molecule has 5 nitrogen and oxygen atoms in total. The molecule has 3 heterocycles. The normalized spacial score (nSPS) is 28.0. The quantitative estimate of drug-likeness (QED) is 0.793. The number of likely N-dealkylation sites (N-methyl/N-ethyl adjacent to an activating group) is 1. The first kappa shape index (κ1) is 19.4. The number of hydrogen-bond donors (Lipinski definition) is 0. The van der Waals surface area contributed by atoms with Crippen molar-refractivity contribution >= 4 is 10.2 Å². The number of nitrogens with zero attached hydrogens (tertiary/aromatic N) is 3. The summed E-state index contributed by atoms with van der Waals surface area (Å²) in [7, 11) is -3.25. The summed E-state index contributed by atoms with van der Waals surface area (Å²) < 4.78 is 29.3. The highest BCUT2D eigenvalue weighted by atomic mass is 32.2. The van der Waals surface area contributed by atoms with Gasteiger partial charge in [0.2, 0.25) is 0 Å². The summed E-state index contributed by atoms with van der Waals surface area (Å²) >= 11 is 0. The number of hydrogen-bond acceptors (Lipinski definition) is 3. The van der Waals surface area contributed by atoms with Gasteiger partial charge < -0.3 is 4.90 Å². The summed E-state index contributed by atoms with van der Waals surface area (Å²) in [6, 6.07) is 10.9. The fourth-order valence-electron chi connectivity index (χ4n) is 5.33. The number of rotatable bonds is 4. The molecule has 3 aliphatic heterocycles. The molecule has 6 heteroatoms. The molecule has 1 aromatic carbocycles. The van der Waals surface area contributed by atoms with Crippen molar-refractivity contribution in [3.05, 3.63) is 35.9 Å². The summed E-state index contributed by atoms with van der Waals surface area (Å²) in [6.07, 6.45) is 5.16. The van der Waals surface area contributed by atoms with Crippen LogP contribution in [0.3, 0.4) is 0 Å². The molecule has 3 aliphatic rings. The molecule has 0 aliphatic carbocycles. The van der Waals surface area contributed by atoms with Crippen LogP contribution in [0.4, 0.5) is 0 Å². The van der Waals surface area contributed by atoms with Gasteiger partial charge in [0.15, 0.2) is 0 Å². The number of piperidine rings is 2. The third kappa shape index (κ3) is 3.95. The van der Waals surface area contributed by atoms with E-state index < -0.39 is 10.2 Å². The molecular formula is C21H33N3O2S. The van der Waals surface area contributed by atoms with Crippen molar-refractivity contribution < 1.29 is 8.42 Å². The Labute approximate surface area is 164 Å². The van der Waals surface area contributed by atoms with Crippen LogP contribution in [0.5, 0.6) is 0 Å². The van der Waals surface area contributed by atoms with E-state index in [2.05, 4.69) is 42.2 Å². The van der Waals surface area contributed by atoms with Gasteiger partial charge >= 0.3 is 0 Å². The molecule has 0 unspecified atom stereocenters. The predicted octanol–water partition coefficient (Wildman–Crippen LogP) is 2.92. The van der Waals surface area contributed by atoms with E-state index in [9.17, 15) is 8.42 Å². The summed E-state index contributed by atoms with van der Waals surface area (Å²) in [4.78, 5) is 2.58. The van der Waals surface area contributed by atoms with Crippen molar-refractivity contribution in [1.82, 2.24) is 13.5 Å². The first-order valence-electron chi connectivity index (χ1n) is 10.5. The first-order chi connectivity index (χ1) is 13.0. The monoisotopic (exact) mass is 391 g/mol. The van der Waals surface area contributed by atoms with Crippen molar-refractivity contribution in [2.45, 2.75) is 44.9 Å². The van der Waals surface area contributed by atoms with E-state index >= 15 is 0 Å².